The maximum atomic E-state index is 9.91. The number of rotatable bonds is 8. The van der Waals surface area contributed by atoms with Gasteiger partial charge in [0.1, 0.15) is 0 Å². The molecule has 1 heterocycles. The summed E-state index contributed by atoms with van der Waals surface area (Å²) in [4.78, 5) is 5.48. The van der Waals surface area contributed by atoms with E-state index in [2.05, 4.69) is 12.1 Å². The second kappa shape index (κ2) is 8.54. The van der Waals surface area contributed by atoms with E-state index in [1.54, 1.807) is 13.8 Å². The minimum Gasteiger partial charge on any atom is -0.390 e. The zero-order valence-corrected chi connectivity index (χ0v) is 12.7. The molecule has 4 nitrogen and oxygen atoms in total. The fourth-order valence-corrected chi connectivity index (χ4v) is 2.17. The Labute approximate surface area is 117 Å². The van der Waals surface area contributed by atoms with Crippen molar-refractivity contribution in [3.05, 3.63) is 0 Å². The molecule has 112 valence electrons. The standard InChI is InChI=1S/C15H29NO3/c1-4-5-6-9-13(12-15(2,3)17)16-19-14-10-7-8-11-18-14/h14,17H,4-12H2,1-3H3/b16-13-. The Hall–Kier alpha value is -0.610. The molecule has 0 radical (unpaired) electrons. The average Bonchev–Trinajstić information content (AvgIpc) is 2.36. The van der Waals surface area contributed by atoms with Gasteiger partial charge in [-0.2, -0.15) is 0 Å². The molecule has 1 atom stereocenters. The number of hydrogen-bond donors (Lipinski definition) is 1. The lowest BCUT2D eigenvalue weighted by Gasteiger charge is -2.22. The van der Waals surface area contributed by atoms with E-state index < -0.39 is 5.60 Å². The highest BCUT2D eigenvalue weighted by atomic mass is 16.8. The molecule has 0 spiro atoms. The van der Waals surface area contributed by atoms with Crippen LogP contribution in [-0.2, 0) is 9.57 Å². The first-order chi connectivity index (χ1) is 9.01. The van der Waals surface area contributed by atoms with Gasteiger partial charge in [0.05, 0.1) is 17.9 Å². The Morgan fingerprint density at radius 1 is 1.37 bits per heavy atom. The van der Waals surface area contributed by atoms with Gasteiger partial charge in [0.2, 0.25) is 6.29 Å². The molecule has 1 fully saturated rings. The van der Waals surface area contributed by atoms with Gasteiger partial charge in [-0.1, -0.05) is 24.9 Å². The molecule has 0 aromatic heterocycles. The van der Waals surface area contributed by atoms with Crippen molar-refractivity contribution >= 4 is 5.71 Å². The summed E-state index contributed by atoms with van der Waals surface area (Å²) in [5.74, 6) is 0. The first kappa shape index (κ1) is 16.4. The molecule has 4 heteroatoms. The van der Waals surface area contributed by atoms with Crippen molar-refractivity contribution in [3.63, 3.8) is 0 Å². The monoisotopic (exact) mass is 271 g/mol. The van der Waals surface area contributed by atoms with Crippen LogP contribution in [0.15, 0.2) is 5.16 Å². The van der Waals surface area contributed by atoms with Crippen molar-refractivity contribution in [1.29, 1.82) is 0 Å². The number of oxime groups is 1. The summed E-state index contributed by atoms with van der Waals surface area (Å²) in [7, 11) is 0. The molecule has 1 N–H and O–H groups in total. The first-order valence-corrected chi connectivity index (χ1v) is 7.57. The lowest BCUT2D eigenvalue weighted by molar-refractivity contribution is -0.162. The predicted octanol–water partition coefficient (Wildman–Crippen LogP) is 3.63. The second-order valence-corrected chi connectivity index (χ2v) is 6.01. The van der Waals surface area contributed by atoms with Crippen molar-refractivity contribution in [2.24, 2.45) is 5.16 Å². The summed E-state index contributed by atoms with van der Waals surface area (Å²) >= 11 is 0. The summed E-state index contributed by atoms with van der Waals surface area (Å²) in [6.45, 7) is 6.55. The maximum absolute atomic E-state index is 9.91. The fourth-order valence-electron chi connectivity index (χ4n) is 2.17. The number of ether oxygens (including phenoxy) is 1. The summed E-state index contributed by atoms with van der Waals surface area (Å²) < 4.78 is 5.49. The summed E-state index contributed by atoms with van der Waals surface area (Å²) in [6.07, 6.45) is 7.88. The Morgan fingerprint density at radius 2 is 2.16 bits per heavy atom. The molecule has 0 aromatic rings. The van der Waals surface area contributed by atoms with Crippen LogP contribution in [0.4, 0.5) is 0 Å². The van der Waals surface area contributed by atoms with Gasteiger partial charge < -0.3 is 14.7 Å². The molecule has 1 unspecified atom stereocenters. The van der Waals surface area contributed by atoms with Crippen molar-refractivity contribution in [3.8, 4) is 0 Å². The predicted molar refractivity (Wildman–Crippen MR) is 77.2 cm³/mol. The molecule has 1 rings (SSSR count). The van der Waals surface area contributed by atoms with Gasteiger partial charge in [-0.25, -0.2) is 0 Å². The van der Waals surface area contributed by atoms with E-state index >= 15 is 0 Å². The van der Waals surface area contributed by atoms with Crippen LogP contribution in [0.25, 0.3) is 0 Å². The summed E-state index contributed by atoms with van der Waals surface area (Å²) in [5.41, 5.74) is 0.206. The number of unbranched alkanes of at least 4 members (excludes halogenated alkanes) is 2. The topological polar surface area (TPSA) is 51.1 Å². The molecule has 19 heavy (non-hydrogen) atoms. The van der Waals surface area contributed by atoms with Gasteiger partial charge in [0.15, 0.2) is 0 Å². The van der Waals surface area contributed by atoms with Gasteiger partial charge in [-0.05, 0) is 39.5 Å². The lowest BCUT2D eigenvalue weighted by Crippen LogP contribution is -2.25. The van der Waals surface area contributed by atoms with Crippen molar-refractivity contribution < 1.29 is 14.7 Å². The van der Waals surface area contributed by atoms with Gasteiger partial charge in [0.25, 0.3) is 0 Å². The number of hydrogen-bond acceptors (Lipinski definition) is 4. The zero-order chi connectivity index (χ0) is 14.1. The fraction of sp³-hybridized carbons (Fsp3) is 0.933. The van der Waals surface area contributed by atoms with E-state index in [4.69, 9.17) is 9.57 Å². The lowest BCUT2D eigenvalue weighted by atomic mass is 9.98. The molecule has 0 aliphatic carbocycles. The third-order valence-electron chi connectivity index (χ3n) is 3.14. The highest BCUT2D eigenvalue weighted by Crippen LogP contribution is 2.17. The Kier molecular flexibility index (Phi) is 7.39. The summed E-state index contributed by atoms with van der Waals surface area (Å²) in [6, 6.07) is 0. The molecule has 0 aromatic carbocycles. The minimum atomic E-state index is -0.734. The minimum absolute atomic E-state index is 0.197. The van der Waals surface area contributed by atoms with Crippen LogP contribution in [0, 0.1) is 0 Å². The van der Waals surface area contributed by atoms with Crippen LogP contribution in [0.1, 0.15) is 72.1 Å². The van der Waals surface area contributed by atoms with Gasteiger partial charge in [-0.15, -0.1) is 0 Å². The van der Waals surface area contributed by atoms with E-state index in [9.17, 15) is 5.11 Å². The molecule has 0 amide bonds. The SMILES string of the molecule is CCCCC/C(CC(C)(C)O)=N/OC1CCCCO1. The largest absolute Gasteiger partial charge is 0.390 e. The third kappa shape index (κ3) is 8.22. The maximum Gasteiger partial charge on any atom is 0.226 e. The normalized spacial score (nSPS) is 21.5. The van der Waals surface area contributed by atoms with Crippen LogP contribution in [0.5, 0.6) is 0 Å². The molecule has 0 bridgehead atoms. The van der Waals surface area contributed by atoms with Gasteiger partial charge >= 0.3 is 0 Å². The smallest absolute Gasteiger partial charge is 0.226 e. The van der Waals surface area contributed by atoms with Crippen molar-refractivity contribution in [2.45, 2.75) is 84.0 Å². The quantitative estimate of drug-likeness (QED) is 0.416. The van der Waals surface area contributed by atoms with E-state index in [1.165, 1.54) is 12.8 Å². The van der Waals surface area contributed by atoms with Crippen molar-refractivity contribution in [2.75, 3.05) is 6.61 Å². The number of aliphatic hydroxyl groups is 1. The molecule has 1 aliphatic rings. The molecule has 1 aliphatic heterocycles. The van der Waals surface area contributed by atoms with Crippen LogP contribution in [-0.4, -0.2) is 29.3 Å². The molecule has 0 saturated carbocycles. The van der Waals surface area contributed by atoms with E-state index in [1.807, 2.05) is 0 Å². The molecular formula is C15H29NO3. The van der Waals surface area contributed by atoms with Gasteiger partial charge in [-0.3, -0.25) is 0 Å². The second-order valence-electron chi connectivity index (χ2n) is 6.01. The Morgan fingerprint density at radius 3 is 2.74 bits per heavy atom. The average molecular weight is 271 g/mol. The molecular weight excluding hydrogens is 242 g/mol. The van der Waals surface area contributed by atoms with E-state index in [0.29, 0.717) is 6.42 Å². The highest BCUT2D eigenvalue weighted by molar-refractivity contribution is 5.84. The van der Waals surface area contributed by atoms with Crippen LogP contribution >= 0.6 is 0 Å². The van der Waals surface area contributed by atoms with Crippen molar-refractivity contribution in [1.82, 2.24) is 0 Å². The number of nitrogens with zero attached hydrogens (tertiary/aromatic N) is 1. The summed E-state index contributed by atoms with van der Waals surface area (Å²) in [5, 5.41) is 14.2. The van der Waals surface area contributed by atoms with E-state index in [0.717, 1.165) is 44.4 Å². The Balaban J connectivity index is 2.44. The molecule has 1 saturated heterocycles. The van der Waals surface area contributed by atoms with Crippen LogP contribution in [0.2, 0.25) is 0 Å². The third-order valence-corrected chi connectivity index (χ3v) is 3.14. The Bertz CT molecular complexity index is 265. The first-order valence-electron chi connectivity index (χ1n) is 7.57. The van der Waals surface area contributed by atoms with Gasteiger partial charge in [0, 0.05) is 12.8 Å². The van der Waals surface area contributed by atoms with Crippen LogP contribution < -0.4 is 0 Å². The highest BCUT2D eigenvalue weighted by Gasteiger charge is 2.19. The van der Waals surface area contributed by atoms with Crippen LogP contribution in [0.3, 0.4) is 0 Å². The van der Waals surface area contributed by atoms with E-state index in [-0.39, 0.29) is 6.29 Å². The zero-order valence-electron chi connectivity index (χ0n) is 12.7.